The number of carboxylic acids is 1. The first-order valence-corrected chi connectivity index (χ1v) is 7.06. The Kier molecular flexibility index (Phi) is 5.79. The van der Waals surface area contributed by atoms with Gasteiger partial charge in [0.25, 0.3) is 0 Å². The predicted molar refractivity (Wildman–Crippen MR) is 73.9 cm³/mol. The van der Waals surface area contributed by atoms with E-state index in [-0.39, 0.29) is 5.91 Å². The number of carboxylic acid groups (broad SMARTS) is 1. The van der Waals surface area contributed by atoms with E-state index in [2.05, 4.69) is 10.6 Å². The van der Waals surface area contributed by atoms with Gasteiger partial charge in [-0.3, -0.25) is 4.79 Å². The molecule has 0 bridgehead atoms. The van der Waals surface area contributed by atoms with Crippen molar-refractivity contribution in [3.8, 4) is 0 Å². The molecule has 0 saturated carbocycles. The molecule has 0 spiro atoms. The quantitative estimate of drug-likeness (QED) is 0.708. The average molecular weight is 270 g/mol. The van der Waals surface area contributed by atoms with Crippen molar-refractivity contribution in [1.82, 2.24) is 10.6 Å². The maximum Gasteiger partial charge on any atom is 0.326 e. The molecule has 0 aromatic rings. The summed E-state index contributed by atoms with van der Waals surface area (Å²) in [7, 11) is 0. The van der Waals surface area contributed by atoms with Crippen LogP contribution in [-0.4, -0.2) is 35.6 Å². The lowest BCUT2D eigenvalue weighted by atomic mass is 9.86. The van der Waals surface area contributed by atoms with Gasteiger partial charge in [-0.1, -0.05) is 27.2 Å². The van der Waals surface area contributed by atoms with Crippen molar-refractivity contribution < 1.29 is 14.7 Å². The summed E-state index contributed by atoms with van der Waals surface area (Å²) in [6.45, 7) is 6.46. The lowest BCUT2D eigenvalue weighted by Gasteiger charge is -2.28. The molecule has 1 fully saturated rings. The van der Waals surface area contributed by atoms with Gasteiger partial charge < -0.3 is 15.7 Å². The fourth-order valence-electron chi connectivity index (χ4n) is 2.36. The molecule has 110 valence electrons. The molecule has 0 radical (unpaired) electrons. The topological polar surface area (TPSA) is 78.4 Å². The smallest absolute Gasteiger partial charge is 0.326 e. The van der Waals surface area contributed by atoms with Gasteiger partial charge in [-0.05, 0) is 31.2 Å². The van der Waals surface area contributed by atoms with Crippen molar-refractivity contribution in [2.45, 2.75) is 65.0 Å². The number of rotatable bonds is 5. The Hall–Kier alpha value is -1.10. The number of hydrogen-bond acceptors (Lipinski definition) is 3. The standard InChI is InChI=1S/C14H26N2O3/c1-14(2,3)12(13(18)19)16-11(17)8-7-10-6-4-5-9-15-10/h10,12,15H,4-9H2,1-3H3,(H,16,17)(H,18,19)/t10?,12-/m1/s1. The SMILES string of the molecule is CC(C)(C)[C@H](NC(=O)CCC1CCCCN1)C(=O)O. The summed E-state index contributed by atoms with van der Waals surface area (Å²) in [4.78, 5) is 23.0. The molecule has 1 aliphatic heterocycles. The van der Waals surface area contributed by atoms with E-state index < -0.39 is 17.4 Å². The Labute approximate surface area is 115 Å². The molecular weight excluding hydrogens is 244 g/mol. The van der Waals surface area contributed by atoms with Crippen molar-refractivity contribution in [2.75, 3.05) is 6.54 Å². The van der Waals surface area contributed by atoms with Gasteiger partial charge in [0.2, 0.25) is 5.91 Å². The molecule has 0 aromatic carbocycles. The first kappa shape index (κ1) is 16.0. The molecular formula is C14H26N2O3. The van der Waals surface area contributed by atoms with E-state index in [1.54, 1.807) is 0 Å². The highest BCUT2D eigenvalue weighted by molar-refractivity contribution is 5.84. The number of nitrogens with one attached hydrogen (secondary N) is 2. The second-order valence-corrected chi connectivity index (χ2v) is 6.39. The molecule has 1 saturated heterocycles. The highest BCUT2D eigenvalue weighted by Gasteiger charge is 2.32. The predicted octanol–water partition coefficient (Wildman–Crippen LogP) is 1.52. The molecule has 19 heavy (non-hydrogen) atoms. The molecule has 1 aliphatic rings. The molecule has 1 amide bonds. The van der Waals surface area contributed by atoms with Crippen molar-refractivity contribution in [1.29, 1.82) is 0 Å². The minimum atomic E-state index is -0.975. The van der Waals surface area contributed by atoms with E-state index in [0.717, 1.165) is 19.4 Å². The van der Waals surface area contributed by atoms with Crippen molar-refractivity contribution >= 4 is 11.9 Å². The van der Waals surface area contributed by atoms with Gasteiger partial charge in [-0.15, -0.1) is 0 Å². The van der Waals surface area contributed by atoms with Crippen LogP contribution in [0.5, 0.6) is 0 Å². The molecule has 5 heteroatoms. The fourth-order valence-corrected chi connectivity index (χ4v) is 2.36. The van der Waals surface area contributed by atoms with Crippen LogP contribution in [0, 0.1) is 5.41 Å². The maximum atomic E-state index is 11.8. The van der Waals surface area contributed by atoms with Crippen molar-refractivity contribution in [2.24, 2.45) is 5.41 Å². The van der Waals surface area contributed by atoms with Gasteiger partial charge >= 0.3 is 5.97 Å². The summed E-state index contributed by atoms with van der Waals surface area (Å²) in [5, 5.41) is 15.2. The highest BCUT2D eigenvalue weighted by atomic mass is 16.4. The molecule has 2 atom stereocenters. The van der Waals surface area contributed by atoms with Gasteiger partial charge in [0.05, 0.1) is 0 Å². The van der Waals surface area contributed by atoms with Crippen molar-refractivity contribution in [3.63, 3.8) is 0 Å². The number of piperidine rings is 1. The lowest BCUT2D eigenvalue weighted by molar-refractivity contribution is -0.145. The van der Waals surface area contributed by atoms with E-state index in [9.17, 15) is 9.59 Å². The Morgan fingerprint density at radius 2 is 2.05 bits per heavy atom. The van der Waals surface area contributed by atoms with Crippen LogP contribution in [-0.2, 0) is 9.59 Å². The van der Waals surface area contributed by atoms with Crippen LogP contribution in [0.3, 0.4) is 0 Å². The monoisotopic (exact) mass is 270 g/mol. The Balaban J connectivity index is 2.38. The third-order valence-corrected chi connectivity index (χ3v) is 3.55. The van der Waals surface area contributed by atoms with E-state index in [4.69, 9.17) is 5.11 Å². The molecule has 5 nitrogen and oxygen atoms in total. The van der Waals surface area contributed by atoms with Gasteiger partial charge in [0, 0.05) is 12.5 Å². The van der Waals surface area contributed by atoms with Gasteiger partial charge in [0.15, 0.2) is 0 Å². The highest BCUT2D eigenvalue weighted by Crippen LogP contribution is 2.20. The lowest BCUT2D eigenvalue weighted by Crippen LogP contribution is -2.49. The molecule has 1 unspecified atom stereocenters. The van der Waals surface area contributed by atoms with E-state index in [1.165, 1.54) is 12.8 Å². The second-order valence-electron chi connectivity index (χ2n) is 6.39. The minimum Gasteiger partial charge on any atom is -0.480 e. The Morgan fingerprint density at radius 3 is 2.53 bits per heavy atom. The Morgan fingerprint density at radius 1 is 1.37 bits per heavy atom. The summed E-state index contributed by atoms with van der Waals surface area (Å²) < 4.78 is 0. The van der Waals surface area contributed by atoms with E-state index in [0.29, 0.717) is 12.5 Å². The number of carbonyl (C=O) groups excluding carboxylic acids is 1. The molecule has 1 rings (SSSR count). The van der Waals surface area contributed by atoms with Crippen LogP contribution in [0.2, 0.25) is 0 Å². The number of aliphatic carboxylic acids is 1. The minimum absolute atomic E-state index is 0.172. The van der Waals surface area contributed by atoms with Crippen LogP contribution in [0.15, 0.2) is 0 Å². The van der Waals surface area contributed by atoms with Crippen LogP contribution in [0.25, 0.3) is 0 Å². The van der Waals surface area contributed by atoms with E-state index in [1.807, 2.05) is 20.8 Å². The number of hydrogen-bond donors (Lipinski definition) is 3. The Bertz CT molecular complexity index is 317. The van der Waals surface area contributed by atoms with Gasteiger partial charge in [0.1, 0.15) is 6.04 Å². The number of amides is 1. The van der Waals surface area contributed by atoms with Crippen molar-refractivity contribution in [3.05, 3.63) is 0 Å². The fraction of sp³-hybridized carbons (Fsp3) is 0.857. The largest absolute Gasteiger partial charge is 0.480 e. The first-order valence-electron chi connectivity index (χ1n) is 7.06. The third-order valence-electron chi connectivity index (χ3n) is 3.55. The van der Waals surface area contributed by atoms with Gasteiger partial charge in [-0.2, -0.15) is 0 Å². The van der Waals surface area contributed by atoms with Crippen LogP contribution < -0.4 is 10.6 Å². The molecule has 3 N–H and O–H groups in total. The van der Waals surface area contributed by atoms with E-state index >= 15 is 0 Å². The molecule has 0 aromatic heterocycles. The average Bonchev–Trinajstić information content (AvgIpc) is 2.33. The molecule has 1 heterocycles. The molecule has 0 aliphatic carbocycles. The first-order chi connectivity index (χ1) is 8.80. The third kappa shape index (κ3) is 5.59. The zero-order valence-corrected chi connectivity index (χ0v) is 12.2. The number of carbonyl (C=O) groups is 2. The summed E-state index contributed by atoms with van der Waals surface area (Å²) >= 11 is 0. The zero-order chi connectivity index (χ0) is 14.5. The van der Waals surface area contributed by atoms with Crippen LogP contribution in [0.4, 0.5) is 0 Å². The maximum absolute atomic E-state index is 11.8. The van der Waals surface area contributed by atoms with Crippen LogP contribution in [0.1, 0.15) is 52.9 Å². The summed E-state index contributed by atoms with van der Waals surface area (Å²) in [5.74, 6) is -1.15. The summed E-state index contributed by atoms with van der Waals surface area (Å²) in [6.07, 6.45) is 4.68. The summed E-state index contributed by atoms with van der Waals surface area (Å²) in [5.41, 5.74) is -0.482. The summed E-state index contributed by atoms with van der Waals surface area (Å²) in [6, 6.07) is -0.434. The van der Waals surface area contributed by atoms with Crippen LogP contribution >= 0.6 is 0 Å². The van der Waals surface area contributed by atoms with Gasteiger partial charge in [-0.25, -0.2) is 4.79 Å². The zero-order valence-electron chi connectivity index (χ0n) is 12.2. The normalized spacial score (nSPS) is 21.7. The second kappa shape index (κ2) is 6.89.